The molecule has 132 valence electrons. The Balaban J connectivity index is 1.12. The summed E-state index contributed by atoms with van der Waals surface area (Å²) in [4.78, 5) is 0. The summed E-state index contributed by atoms with van der Waals surface area (Å²) in [6, 6.07) is 19.2. The van der Waals surface area contributed by atoms with Crippen molar-refractivity contribution in [2.75, 3.05) is 6.61 Å². The lowest BCUT2D eigenvalue weighted by Crippen LogP contribution is -2.33. The summed E-state index contributed by atoms with van der Waals surface area (Å²) >= 11 is 0. The number of hydrogen-bond donors (Lipinski definition) is 0. The molecule has 6 rings (SSSR count). The maximum absolute atomic E-state index is 6.24. The molecule has 1 heteroatoms. The molecule has 7 unspecified atom stereocenters. The Morgan fingerprint density at radius 2 is 1.46 bits per heavy atom. The van der Waals surface area contributed by atoms with Crippen molar-refractivity contribution >= 4 is 0 Å². The van der Waals surface area contributed by atoms with Crippen LogP contribution in [0.4, 0.5) is 0 Å². The third-order valence-electron chi connectivity index (χ3n) is 7.83. The van der Waals surface area contributed by atoms with Gasteiger partial charge in [-0.25, -0.2) is 0 Å². The quantitative estimate of drug-likeness (QED) is 0.502. The standard InChI is InChI=1S/C25H26O/c1-2-4-16(5-3-1)17-8-10-22(11-9-17)26-15-21-13-20-14-23(21)25-19-7-6-18(12-19)24(20)25/h1-11,18-21,23-25H,12-15H2. The molecular formula is C25H26O. The molecule has 3 saturated carbocycles. The molecule has 0 saturated heterocycles. The third kappa shape index (κ3) is 2.22. The fourth-order valence-corrected chi connectivity index (χ4v) is 6.92. The molecule has 0 spiro atoms. The highest BCUT2D eigenvalue weighted by atomic mass is 16.5. The van der Waals surface area contributed by atoms with Crippen molar-refractivity contribution in [3.05, 3.63) is 66.7 Å². The van der Waals surface area contributed by atoms with E-state index in [1.807, 2.05) is 0 Å². The molecule has 26 heavy (non-hydrogen) atoms. The predicted molar refractivity (Wildman–Crippen MR) is 105 cm³/mol. The first-order valence-corrected chi connectivity index (χ1v) is 10.3. The first-order valence-electron chi connectivity index (χ1n) is 10.3. The van der Waals surface area contributed by atoms with Gasteiger partial charge in [0, 0.05) is 0 Å². The number of hydrogen-bond acceptors (Lipinski definition) is 1. The van der Waals surface area contributed by atoms with Gasteiger partial charge in [-0.15, -0.1) is 0 Å². The SMILES string of the molecule is C1=CC2CC1C1C3CC(COc4ccc(-c5ccccc5)cc4)C(C3)C21. The summed E-state index contributed by atoms with van der Waals surface area (Å²) in [7, 11) is 0. The van der Waals surface area contributed by atoms with E-state index in [2.05, 4.69) is 66.7 Å². The van der Waals surface area contributed by atoms with Crippen LogP contribution >= 0.6 is 0 Å². The fraction of sp³-hybridized carbons (Fsp3) is 0.440. The zero-order valence-corrected chi connectivity index (χ0v) is 15.1. The Morgan fingerprint density at radius 3 is 2.27 bits per heavy atom. The molecule has 0 amide bonds. The van der Waals surface area contributed by atoms with E-state index in [0.717, 1.165) is 53.8 Å². The van der Waals surface area contributed by atoms with Crippen molar-refractivity contribution < 1.29 is 4.74 Å². The van der Waals surface area contributed by atoms with Crippen LogP contribution in [0.5, 0.6) is 5.75 Å². The fourth-order valence-electron chi connectivity index (χ4n) is 6.92. The van der Waals surface area contributed by atoms with Crippen LogP contribution in [0.1, 0.15) is 19.3 Å². The van der Waals surface area contributed by atoms with Gasteiger partial charge in [0.05, 0.1) is 6.61 Å². The molecule has 0 heterocycles. The van der Waals surface area contributed by atoms with E-state index in [0.29, 0.717) is 0 Å². The van der Waals surface area contributed by atoms with Crippen LogP contribution in [0.15, 0.2) is 66.7 Å². The summed E-state index contributed by atoms with van der Waals surface area (Å²) < 4.78 is 6.24. The largest absolute Gasteiger partial charge is 0.493 e. The van der Waals surface area contributed by atoms with Crippen molar-refractivity contribution in [3.63, 3.8) is 0 Å². The molecule has 0 aromatic heterocycles. The van der Waals surface area contributed by atoms with Crippen LogP contribution in [0.25, 0.3) is 11.1 Å². The minimum atomic E-state index is 0.780. The molecule has 4 bridgehead atoms. The number of benzene rings is 2. The molecular weight excluding hydrogens is 316 g/mol. The van der Waals surface area contributed by atoms with Crippen LogP contribution in [0, 0.1) is 41.4 Å². The van der Waals surface area contributed by atoms with Crippen LogP contribution in [-0.2, 0) is 0 Å². The number of ether oxygens (including phenoxy) is 1. The molecule has 0 radical (unpaired) electrons. The number of allylic oxidation sites excluding steroid dienone is 2. The summed E-state index contributed by atoms with van der Waals surface area (Å²) in [6.45, 7) is 0.913. The average Bonchev–Trinajstić information content (AvgIpc) is 3.46. The summed E-state index contributed by atoms with van der Waals surface area (Å²) in [5.74, 6) is 7.54. The van der Waals surface area contributed by atoms with E-state index in [1.54, 1.807) is 0 Å². The van der Waals surface area contributed by atoms with Gasteiger partial charge in [-0.3, -0.25) is 0 Å². The Morgan fingerprint density at radius 1 is 0.731 bits per heavy atom. The van der Waals surface area contributed by atoms with Gasteiger partial charge in [-0.1, -0.05) is 54.6 Å². The first-order chi connectivity index (χ1) is 12.9. The second-order valence-corrected chi connectivity index (χ2v) is 8.96. The van der Waals surface area contributed by atoms with E-state index >= 15 is 0 Å². The summed E-state index contributed by atoms with van der Waals surface area (Å²) in [5.41, 5.74) is 2.53. The zero-order chi connectivity index (χ0) is 17.1. The van der Waals surface area contributed by atoms with Crippen molar-refractivity contribution in [3.8, 4) is 16.9 Å². The topological polar surface area (TPSA) is 9.23 Å². The Labute approximate surface area is 156 Å². The normalized spacial score (nSPS) is 38.7. The van der Waals surface area contributed by atoms with Crippen molar-refractivity contribution in [1.82, 2.24) is 0 Å². The number of rotatable bonds is 4. The monoisotopic (exact) mass is 342 g/mol. The molecule has 4 aliphatic carbocycles. The highest BCUT2D eigenvalue weighted by Crippen LogP contribution is 2.66. The lowest BCUT2D eigenvalue weighted by molar-refractivity contribution is 0.109. The van der Waals surface area contributed by atoms with E-state index in [-0.39, 0.29) is 0 Å². The molecule has 2 aromatic rings. The van der Waals surface area contributed by atoms with E-state index in [1.165, 1.54) is 30.4 Å². The first kappa shape index (κ1) is 15.1. The van der Waals surface area contributed by atoms with Crippen LogP contribution in [-0.4, -0.2) is 6.61 Å². The highest BCUT2D eigenvalue weighted by Gasteiger charge is 2.60. The lowest BCUT2D eigenvalue weighted by Gasteiger charge is -2.36. The molecule has 1 nitrogen and oxygen atoms in total. The predicted octanol–water partition coefficient (Wildman–Crippen LogP) is 5.83. The van der Waals surface area contributed by atoms with Gasteiger partial charge in [0.1, 0.15) is 5.75 Å². The molecule has 3 fully saturated rings. The van der Waals surface area contributed by atoms with Crippen molar-refractivity contribution in [1.29, 1.82) is 0 Å². The molecule has 0 aliphatic heterocycles. The molecule has 7 atom stereocenters. The number of fused-ring (bicyclic) bond motifs is 9. The second-order valence-electron chi connectivity index (χ2n) is 8.96. The maximum atomic E-state index is 6.24. The van der Waals surface area contributed by atoms with Gasteiger partial charge >= 0.3 is 0 Å². The van der Waals surface area contributed by atoms with Gasteiger partial charge in [0.15, 0.2) is 0 Å². The van der Waals surface area contributed by atoms with Gasteiger partial charge < -0.3 is 4.74 Å². The van der Waals surface area contributed by atoms with E-state index < -0.39 is 0 Å². The van der Waals surface area contributed by atoms with Gasteiger partial charge in [0.25, 0.3) is 0 Å². The van der Waals surface area contributed by atoms with Crippen LogP contribution in [0.3, 0.4) is 0 Å². The van der Waals surface area contributed by atoms with Crippen LogP contribution in [0.2, 0.25) is 0 Å². The Hall–Kier alpha value is -2.02. The minimum absolute atomic E-state index is 0.780. The smallest absolute Gasteiger partial charge is 0.119 e. The summed E-state index contributed by atoms with van der Waals surface area (Å²) in [6.07, 6.45) is 9.41. The van der Waals surface area contributed by atoms with Gasteiger partial charge in [0.2, 0.25) is 0 Å². The van der Waals surface area contributed by atoms with E-state index in [4.69, 9.17) is 4.74 Å². The third-order valence-corrected chi connectivity index (χ3v) is 7.83. The lowest BCUT2D eigenvalue weighted by atomic mass is 9.69. The maximum Gasteiger partial charge on any atom is 0.119 e. The zero-order valence-electron chi connectivity index (χ0n) is 15.1. The average molecular weight is 342 g/mol. The Kier molecular flexibility index (Phi) is 3.33. The van der Waals surface area contributed by atoms with Crippen LogP contribution < -0.4 is 4.74 Å². The van der Waals surface area contributed by atoms with Crippen molar-refractivity contribution in [2.45, 2.75) is 19.3 Å². The highest BCUT2D eigenvalue weighted by molar-refractivity contribution is 5.63. The van der Waals surface area contributed by atoms with Crippen molar-refractivity contribution in [2.24, 2.45) is 41.4 Å². The van der Waals surface area contributed by atoms with Gasteiger partial charge in [-0.05, 0) is 83.9 Å². The molecule has 2 aromatic carbocycles. The Bertz CT molecular complexity index is 821. The second kappa shape index (κ2) is 5.74. The minimum Gasteiger partial charge on any atom is -0.493 e. The molecule has 4 aliphatic rings. The molecule has 0 N–H and O–H groups in total. The van der Waals surface area contributed by atoms with Gasteiger partial charge in [-0.2, -0.15) is 0 Å². The van der Waals surface area contributed by atoms with E-state index in [9.17, 15) is 0 Å². The summed E-state index contributed by atoms with van der Waals surface area (Å²) in [5, 5.41) is 0.